The third kappa shape index (κ3) is 1.86. The van der Waals surface area contributed by atoms with Gasteiger partial charge in [0.1, 0.15) is 17.0 Å². The molecule has 1 aromatic carbocycles. The van der Waals surface area contributed by atoms with Crippen LogP contribution in [0.25, 0.3) is 16.9 Å². The van der Waals surface area contributed by atoms with Gasteiger partial charge >= 0.3 is 0 Å². The summed E-state index contributed by atoms with van der Waals surface area (Å²) in [5.41, 5.74) is 6.81. The Balaban J connectivity index is 2.41. The Morgan fingerprint density at radius 3 is 2.38 bits per heavy atom. The molecule has 110 valence electrons. The summed E-state index contributed by atoms with van der Waals surface area (Å²) in [5, 5.41) is 4.23. The van der Waals surface area contributed by atoms with E-state index in [1.807, 2.05) is 6.92 Å². The van der Waals surface area contributed by atoms with E-state index in [9.17, 15) is 13.2 Å². The molecule has 0 aliphatic carbocycles. The molecule has 5 nitrogen and oxygen atoms in total. The predicted molar refractivity (Wildman–Crippen MR) is 71.5 cm³/mol. The number of halogens is 3. The second kappa shape index (κ2) is 4.51. The van der Waals surface area contributed by atoms with Crippen LogP contribution in [0.15, 0.2) is 12.1 Å². The van der Waals surface area contributed by atoms with Crippen molar-refractivity contribution >= 4 is 17.1 Å². The number of nitrogens with zero attached hydrogens (tertiary/aromatic N) is 4. The van der Waals surface area contributed by atoms with E-state index >= 15 is 0 Å². The van der Waals surface area contributed by atoms with Gasteiger partial charge in [-0.05, 0) is 6.42 Å². The van der Waals surface area contributed by atoms with E-state index < -0.39 is 23.1 Å². The normalized spacial score (nSPS) is 11.5. The fraction of sp³-hybridized carbons (Fsp3) is 0.231. The summed E-state index contributed by atoms with van der Waals surface area (Å²) in [5.74, 6) is -3.20. The van der Waals surface area contributed by atoms with Crippen LogP contribution in [-0.2, 0) is 13.5 Å². The minimum absolute atomic E-state index is 0.0860. The summed E-state index contributed by atoms with van der Waals surface area (Å²) in [6.07, 6.45) is 0.599. The monoisotopic (exact) mass is 295 g/mol. The maximum Gasteiger partial charge on any atom is 0.207 e. The quantitative estimate of drug-likeness (QED) is 0.789. The van der Waals surface area contributed by atoms with Gasteiger partial charge in [0.2, 0.25) is 5.95 Å². The zero-order chi connectivity index (χ0) is 15.3. The van der Waals surface area contributed by atoms with Gasteiger partial charge in [-0.25, -0.2) is 22.8 Å². The van der Waals surface area contributed by atoms with Crippen molar-refractivity contribution < 1.29 is 13.2 Å². The molecular weight excluding hydrogens is 283 g/mol. The highest BCUT2D eigenvalue weighted by atomic mass is 19.1. The number of benzene rings is 1. The molecule has 3 aromatic rings. The summed E-state index contributed by atoms with van der Waals surface area (Å²) in [6, 6.07) is 1.20. The molecule has 0 saturated carbocycles. The molecule has 0 fully saturated rings. The third-order valence-electron chi connectivity index (χ3n) is 3.27. The number of fused-ring (bicyclic) bond motifs is 1. The highest BCUT2D eigenvalue weighted by Crippen LogP contribution is 2.28. The Morgan fingerprint density at radius 1 is 1.19 bits per heavy atom. The number of imidazole rings is 1. The highest BCUT2D eigenvalue weighted by molar-refractivity contribution is 5.80. The van der Waals surface area contributed by atoms with Gasteiger partial charge in [0.25, 0.3) is 0 Å². The Morgan fingerprint density at radius 2 is 1.81 bits per heavy atom. The smallest absolute Gasteiger partial charge is 0.207 e. The van der Waals surface area contributed by atoms with Crippen molar-refractivity contribution in [3.8, 4) is 5.69 Å². The average molecular weight is 295 g/mol. The molecule has 0 amide bonds. The molecule has 0 radical (unpaired) electrons. The second-order valence-corrected chi connectivity index (χ2v) is 4.62. The number of anilines is 1. The average Bonchev–Trinajstić information content (AvgIpc) is 2.87. The van der Waals surface area contributed by atoms with Crippen LogP contribution in [0.4, 0.5) is 19.1 Å². The molecule has 0 saturated heterocycles. The van der Waals surface area contributed by atoms with Crippen molar-refractivity contribution in [3.05, 3.63) is 35.3 Å². The molecule has 8 heteroatoms. The summed E-state index contributed by atoms with van der Waals surface area (Å²) in [6.45, 7) is 1.88. The fourth-order valence-electron chi connectivity index (χ4n) is 2.40. The minimum Gasteiger partial charge on any atom is -0.369 e. The molecule has 0 atom stereocenters. The van der Waals surface area contributed by atoms with Crippen LogP contribution < -0.4 is 5.73 Å². The first-order chi connectivity index (χ1) is 9.93. The number of nitrogens with two attached hydrogens (primary N) is 1. The fourth-order valence-corrected chi connectivity index (χ4v) is 2.40. The van der Waals surface area contributed by atoms with Crippen molar-refractivity contribution in [2.45, 2.75) is 13.3 Å². The van der Waals surface area contributed by atoms with Crippen LogP contribution in [0.5, 0.6) is 0 Å². The number of aromatic nitrogens is 4. The summed E-state index contributed by atoms with van der Waals surface area (Å²) in [7, 11) is 1.62. The zero-order valence-electron chi connectivity index (χ0n) is 11.4. The molecule has 2 aromatic heterocycles. The lowest BCUT2D eigenvalue weighted by molar-refractivity contribution is 0.535. The molecule has 2 heterocycles. The van der Waals surface area contributed by atoms with Gasteiger partial charge in [-0.15, -0.1) is 0 Å². The lowest BCUT2D eigenvalue weighted by atomic mass is 10.2. The van der Waals surface area contributed by atoms with Gasteiger partial charge < -0.3 is 5.73 Å². The maximum atomic E-state index is 14.0. The van der Waals surface area contributed by atoms with Crippen LogP contribution in [0.1, 0.15) is 12.6 Å². The highest BCUT2D eigenvalue weighted by Gasteiger charge is 2.23. The Hall–Kier alpha value is -2.51. The van der Waals surface area contributed by atoms with E-state index in [4.69, 9.17) is 5.73 Å². The first-order valence-electron chi connectivity index (χ1n) is 6.28. The van der Waals surface area contributed by atoms with E-state index in [1.165, 1.54) is 4.68 Å². The van der Waals surface area contributed by atoms with Gasteiger partial charge in [-0.1, -0.05) is 6.92 Å². The van der Waals surface area contributed by atoms with E-state index in [1.54, 1.807) is 7.05 Å². The first kappa shape index (κ1) is 13.5. The topological polar surface area (TPSA) is 61.7 Å². The van der Waals surface area contributed by atoms with Gasteiger partial charge in [0.15, 0.2) is 17.3 Å². The van der Waals surface area contributed by atoms with Crippen molar-refractivity contribution in [2.24, 2.45) is 7.05 Å². The minimum atomic E-state index is -1.06. The molecule has 21 heavy (non-hydrogen) atoms. The number of aryl methyl sites for hydroxylation is 2. The largest absolute Gasteiger partial charge is 0.369 e. The predicted octanol–water partition coefficient (Wildman–Crippen LogP) is 2.32. The number of hydrogen-bond donors (Lipinski definition) is 1. The van der Waals surface area contributed by atoms with Gasteiger partial charge in [-0.3, -0.25) is 4.57 Å². The van der Waals surface area contributed by atoms with Crippen LogP contribution in [0, 0.1) is 17.5 Å². The summed E-state index contributed by atoms with van der Waals surface area (Å²) >= 11 is 0. The van der Waals surface area contributed by atoms with Crippen molar-refractivity contribution in [2.75, 3.05) is 5.73 Å². The molecule has 2 N–H and O–H groups in total. The SMILES string of the molecule is CCc1nn(C)c2c1nc(N)n2-c1c(F)cc(F)cc1F. The third-order valence-corrected chi connectivity index (χ3v) is 3.27. The Kier molecular flexibility index (Phi) is 2.89. The van der Waals surface area contributed by atoms with E-state index in [-0.39, 0.29) is 5.95 Å². The molecule has 0 aliphatic heterocycles. The molecule has 3 rings (SSSR count). The van der Waals surface area contributed by atoms with Crippen LogP contribution >= 0.6 is 0 Å². The van der Waals surface area contributed by atoms with Crippen LogP contribution in [-0.4, -0.2) is 19.3 Å². The number of nitrogen functional groups attached to an aromatic ring is 1. The lowest BCUT2D eigenvalue weighted by Crippen LogP contribution is -2.09. The Labute approximate surface area is 117 Å². The van der Waals surface area contributed by atoms with Crippen LogP contribution in [0.2, 0.25) is 0 Å². The lowest BCUT2D eigenvalue weighted by Gasteiger charge is -2.09. The zero-order valence-corrected chi connectivity index (χ0v) is 11.4. The Bertz CT molecular complexity index is 826. The van der Waals surface area contributed by atoms with Gasteiger partial charge in [0, 0.05) is 19.2 Å². The van der Waals surface area contributed by atoms with Gasteiger partial charge in [-0.2, -0.15) is 5.10 Å². The maximum absolute atomic E-state index is 14.0. The van der Waals surface area contributed by atoms with Crippen molar-refractivity contribution in [3.63, 3.8) is 0 Å². The van der Waals surface area contributed by atoms with Crippen molar-refractivity contribution in [1.82, 2.24) is 19.3 Å². The summed E-state index contributed by atoms with van der Waals surface area (Å²) < 4.78 is 43.6. The summed E-state index contributed by atoms with van der Waals surface area (Å²) in [4.78, 5) is 4.12. The second-order valence-electron chi connectivity index (χ2n) is 4.62. The van der Waals surface area contributed by atoms with E-state index in [0.717, 1.165) is 4.57 Å². The molecule has 0 aliphatic rings. The van der Waals surface area contributed by atoms with E-state index in [2.05, 4.69) is 10.1 Å². The first-order valence-corrected chi connectivity index (χ1v) is 6.28. The van der Waals surface area contributed by atoms with Crippen molar-refractivity contribution in [1.29, 1.82) is 0 Å². The number of hydrogen-bond acceptors (Lipinski definition) is 3. The molecule has 0 spiro atoms. The standard InChI is InChI=1S/C13H12F3N5/c1-3-9-10-12(20(2)19-9)21(13(17)18-10)11-7(15)4-6(14)5-8(11)16/h4-5H,3H2,1-2H3,(H2,17,18). The molecule has 0 bridgehead atoms. The molecule has 0 unspecified atom stereocenters. The van der Waals surface area contributed by atoms with E-state index in [0.29, 0.717) is 35.4 Å². The van der Waals surface area contributed by atoms with Crippen LogP contribution in [0.3, 0.4) is 0 Å². The molecular formula is C13H12F3N5. The number of rotatable bonds is 2. The van der Waals surface area contributed by atoms with Gasteiger partial charge in [0.05, 0.1) is 5.69 Å².